The lowest BCUT2D eigenvalue weighted by atomic mass is 9.52. The van der Waals surface area contributed by atoms with Crippen LogP contribution in [0, 0.1) is 29.6 Å². The van der Waals surface area contributed by atoms with E-state index in [-0.39, 0.29) is 17.6 Å². The van der Waals surface area contributed by atoms with Crippen LogP contribution < -0.4 is 0 Å². The number of ether oxygens (including phenoxy) is 1. The molecule has 1 aromatic rings. The number of carbonyl (C=O) groups is 1. The Morgan fingerprint density at radius 3 is 2.85 bits per heavy atom. The highest BCUT2D eigenvalue weighted by Gasteiger charge is 2.65. The molecule has 1 aromatic carbocycles. The third kappa shape index (κ3) is 2.23. The van der Waals surface area contributed by atoms with Gasteiger partial charge in [0.15, 0.2) is 5.60 Å². The summed E-state index contributed by atoms with van der Waals surface area (Å²) in [5.74, 6) is 3.41. The van der Waals surface area contributed by atoms with Crippen molar-refractivity contribution in [3.05, 3.63) is 29.3 Å². The van der Waals surface area contributed by atoms with Gasteiger partial charge in [0.1, 0.15) is 5.75 Å². The molecule has 3 aliphatic rings. The minimum absolute atomic E-state index is 0.0586. The number of fused-ring (bicyclic) bond motifs is 5. The zero-order valence-corrected chi connectivity index (χ0v) is 15.4. The normalized spacial score (nSPS) is 40.7. The zero-order valence-electron chi connectivity index (χ0n) is 15.4. The Labute approximate surface area is 154 Å². The fourth-order valence-corrected chi connectivity index (χ4v) is 6.32. The standard InChI is InChI=1S/C22H26O4/c1-4-22(26-13(2)23)10-9-18-17-7-5-14-11-15(24)6-8-16(14)20(17)19(25)12-21(18,22)3/h1,6,8,11,17-20,24-25H,5,7,9-10,12H2,2-3H3/t17-,18-,19-,20-,21-,22+/m0/s1. The molecule has 0 spiro atoms. The number of aromatic hydroxyl groups is 1. The first-order chi connectivity index (χ1) is 12.3. The lowest BCUT2D eigenvalue weighted by Gasteiger charge is -2.54. The molecule has 0 amide bonds. The summed E-state index contributed by atoms with van der Waals surface area (Å²) in [5, 5.41) is 20.9. The monoisotopic (exact) mass is 354 g/mol. The molecule has 4 rings (SSSR count). The van der Waals surface area contributed by atoms with Gasteiger partial charge in [-0.05, 0) is 67.2 Å². The molecule has 2 saturated carbocycles. The Bertz CT molecular complexity index is 794. The molecular weight excluding hydrogens is 328 g/mol. The highest BCUT2D eigenvalue weighted by atomic mass is 16.6. The number of phenolic OH excluding ortho intramolecular Hbond substituents is 1. The van der Waals surface area contributed by atoms with Crippen LogP contribution in [0.15, 0.2) is 18.2 Å². The lowest BCUT2D eigenvalue weighted by molar-refractivity contribution is -0.171. The number of phenols is 1. The van der Waals surface area contributed by atoms with Gasteiger partial charge in [0.25, 0.3) is 0 Å². The van der Waals surface area contributed by atoms with Gasteiger partial charge >= 0.3 is 5.97 Å². The average Bonchev–Trinajstić information content (AvgIpc) is 2.86. The molecule has 26 heavy (non-hydrogen) atoms. The van der Waals surface area contributed by atoms with Crippen molar-refractivity contribution in [1.82, 2.24) is 0 Å². The van der Waals surface area contributed by atoms with Crippen molar-refractivity contribution >= 4 is 5.97 Å². The van der Waals surface area contributed by atoms with Crippen molar-refractivity contribution in [2.45, 2.75) is 63.6 Å². The Hall–Kier alpha value is -1.99. The third-order valence-corrected chi connectivity index (χ3v) is 7.36. The zero-order chi connectivity index (χ0) is 18.7. The molecule has 138 valence electrons. The summed E-state index contributed by atoms with van der Waals surface area (Å²) < 4.78 is 5.71. The summed E-state index contributed by atoms with van der Waals surface area (Å²) in [4.78, 5) is 11.7. The van der Waals surface area contributed by atoms with Crippen LogP contribution in [0.5, 0.6) is 5.75 Å². The number of terminal acetylenes is 1. The summed E-state index contributed by atoms with van der Waals surface area (Å²) in [6.07, 6.45) is 9.28. The SMILES string of the molecule is C#C[C@@]1(OC(C)=O)CC[C@H]2[C@@H]3CCc4cc(O)ccc4[C@@H]3[C@@H](O)C[C@@]21C. The van der Waals surface area contributed by atoms with Crippen LogP contribution in [0.2, 0.25) is 0 Å². The molecule has 0 heterocycles. The van der Waals surface area contributed by atoms with Gasteiger partial charge in [-0.25, -0.2) is 0 Å². The van der Waals surface area contributed by atoms with Crippen LogP contribution in [-0.2, 0) is 16.0 Å². The molecule has 6 atom stereocenters. The summed E-state index contributed by atoms with van der Waals surface area (Å²) >= 11 is 0. The van der Waals surface area contributed by atoms with Crippen LogP contribution in [-0.4, -0.2) is 27.9 Å². The lowest BCUT2D eigenvalue weighted by Crippen LogP contribution is -2.55. The fourth-order valence-electron chi connectivity index (χ4n) is 6.32. The van der Waals surface area contributed by atoms with Gasteiger partial charge in [-0.3, -0.25) is 4.79 Å². The van der Waals surface area contributed by atoms with Gasteiger partial charge in [-0.15, -0.1) is 6.42 Å². The van der Waals surface area contributed by atoms with Crippen LogP contribution in [0.1, 0.15) is 56.6 Å². The number of aliphatic hydroxyl groups excluding tert-OH is 1. The van der Waals surface area contributed by atoms with Crippen LogP contribution in [0.25, 0.3) is 0 Å². The number of aliphatic hydroxyl groups is 1. The van der Waals surface area contributed by atoms with E-state index in [0.717, 1.165) is 30.4 Å². The number of carbonyl (C=O) groups excluding carboxylic acids is 1. The van der Waals surface area contributed by atoms with Gasteiger partial charge in [-0.2, -0.15) is 0 Å². The molecule has 0 unspecified atom stereocenters. The number of rotatable bonds is 1. The fraction of sp³-hybridized carbons (Fsp3) is 0.591. The van der Waals surface area contributed by atoms with E-state index in [4.69, 9.17) is 11.2 Å². The summed E-state index contributed by atoms with van der Waals surface area (Å²) in [5.41, 5.74) is 0.946. The first-order valence-electron chi connectivity index (χ1n) is 9.48. The Balaban J connectivity index is 1.75. The van der Waals surface area contributed by atoms with E-state index in [1.54, 1.807) is 6.07 Å². The first-order valence-corrected chi connectivity index (χ1v) is 9.48. The van der Waals surface area contributed by atoms with Crippen LogP contribution in [0.3, 0.4) is 0 Å². The quantitative estimate of drug-likeness (QED) is 0.601. The maximum atomic E-state index is 11.7. The topological polar surface area (TPSA) is 66.8 Å². The minimum Gasteiger partial charge on any atom is -0.508 e. The predicted octanol–water partition coefficient (Wildman–Crippen LogP) is 3.15. The molecule has 0 radical (unpaired) electrons. The first kappa shape index (κ1) is 17.4. The van der Waals surface area contributed by atoms with Gasteiger partial charge in [0.05, 0.1) is 6.10 Å². The largest absolute Gasteiger partial charge is 0.508 e. The van der Waals surface area contributed by atoms with Gasteiger partial charge in [0, 0.05) is 18.3 Å². The summed E-state index contributed by atoms with van der Waals surface area (Å²) in [6, 6.07) is 5.50. The molecule has 4 heteroatoms. The van der Waals surface area contributed by atoms with Crippen LogP contribution in [0.4, 0.5) is 0 Å². The molecule has 0 aromatic heterocycles. The molecule has 0 bridgehead atoms. The maximum absolute atomic E-state index is 11.7. The minimum atomic E-state index is -0.926. The molecule has 2 N–H and O–H groups in total. The van der Waals surface area contributed by atoms with Crippen molar-refractivity contribution in [1.29, 1.82) is 0 Å². The van der Waals surface area contributed by atoms with E-state index in [9.17, 15) is 15.0 Å². The molecule has 0 saturated heterocycles. The van der Waals surface area contributed by atoms with E-state index < -0.39 is 17.1 Å². The van der Waals surface area contributed by atoms with E-state index >= 15 is 0 Å². The van der Waals surface area contributed by atoms with Crippen molar-refractivity contribution in [3.63, 3.8) is 0 Å². The third-order valence-electron chi connectivity index (χ3n) is 7.36. The van der Waals surface area contributed by atoms with Crippen molar-refractivity contribution in [3.8, 4) is 18.1 Å². The number of hydrogen-bond donors (Lipinski definition) is 2. The molecule has 3 aliphatic carbocycles. The van der Waals surface area contributed by atoms with E-state index in [0.29, 0.717) is 24.7 Å². The summed E-state index contributed by atoms with van der Waals surface area (Å²) in [6.45, 7) is 3.50. The Morgan fingerprint density at radius 1 is 1.38 bits per heavy atom. The van der Waals surface area contributed by atoms with Crippen molar-refractivity contribution < 1.29 is 19.7 Å². The molecule has 2 fully saturated rings. The number of hydrogen-bond acceptors (Lipinski definition) is 4. The highest BCUT2D eigenvalue weighted by molar-refractivity contribution is 5.67. The van der Waals surface area contributed by atoms with Crippen molar-refractivity contribution in [2.24, 2.45) is 17.3 Å². The number of esters is 1. The number of benzene rings is 1. The second kappa shape index (κ2) is 5.76. The highest BCUT2D eigenvalue weighted by Crippen LogP contribution is 2.65. The van der Waals surface area contributed by atoms with Gasteiger partial charge in [0.2, 0.25) is 0 Å². The molecule has 0 aliphatic heterocycles. The number of aryl methyl sites for hydroxylation is 1. The smallest absolute Gasteiger partial charge is 0.304 e. The van der Waals surface area contributed by atoms with Crippen LogP contribution >= 0.6 is 0 Å². The average molecular weight is 354 g/mol. The molecular formula is C22H26O4. The molecule has 4 nitrogen and oxygen atoms in total. The Kier molecular flexibility index (Phi) is 3.86. The van der Waals surface area contributed by atoms with E-state index in [2.05, 4.69) is 12.8 Å². The maximum Gasteiger partial charge on any atom is 0.304 e. The van der Waals surface area contributed by atoms with E-state index in [1.165, 1.54) is 6.92 Å². The second-order valence-corrected chi connectivity index (χ2v) is 8.51. The summed E-state index contributed by atoms with van der Waals surface area (Å²) in [7, 11) is 0. The van der Waals surface area contributed by atoms with E-state index in [1.807, 2.05) is 12.1 Å². The predicted molar refractivity (Wildman–Crippen MR) is 97.4 cm³/mol. The Morgan fingerprint density at radius 2 is 2.15 bits per heavy atom. The van der Waals surface area contributed by atoms with Gasteiger partial charge < -0.3 is 14.9 Å². The van der Waals surface area contributed by atoms with Gasteiger partial charge in [-0.1, -0.05) is 18.9 Å². The second-order valence-electron chi connectivity index (χ2n) is 8.51. The van der Waals surface area contributed by atoms with Crippen molar-refractivity contribution in [2.75, 3.05) is 0 Å².